The van der Waals surface area contributed by atoms with Gasteiger partial charge in [-0.2, -0.15) is 0 Å². The Morgan fingerprint density at radius 3 is 2.00 bits per heavy atom. The molecule has 6 nitrogen and oxygen atoms in total. The summed E-state index contributed by atoms with van der Waals surface area (Å²) in [5, 5.41) is 19.2. The Labute approximate surface area is 87.3 Å². The van der Waals surface area contributed by atoms with E-state index in [0.717, 1.165) is 0 Å². The minimum Gasteiger partial charge on any atom is -0.481 e. The van der Waals surface area contributed by atoms with E-state index in [1.54, 1.807) is 0 Å². The summed E-state index contributed by atoms with van der Waals surface area (Å²) < 4.78 is 0. The van der Waals surface area contributed by atoms with Crippen LogP contribution in [0.25, 0.3) is 0 Å². The van der Waals surface area contributed by atoms with Crippen molar-refractivity contribution in [2.24, 2.45) is 5.92 Å². The van der Waals surface area contributed by atoms with Crippen LogP contribution in [0, 0.1) is 5.92 Å². The monoisotopic (exact) mass is 217 g/mol. The summed E-state index contributed by atoms with van der Waals surface area (Å²) in [6.45, 7) is 3.62. The minimum atomic E-state index is -1.35. The molecule has 0 aromatic carbocycles. The summed E-state index contributed by atoms with van der Waals surface area (Å²) in [5.41, 5.74) is 0. The zero-order valence-corrected chi connectivity index (χ0v) is 8.69. The lowest BCUT2D eigenvalue weighted by molar-refractivity contribution is -0.147. The highest BCUT2D eigenvalue weighted by Crippen LogP contribution is 2.00. The lowest BCUT2D eigenvalue weighted by Gasteiger charge is -2.13. The van der Waals surface area contributed by atoms with Crippen LogP contribution in [0.3, 0.4) is 0 Å². The van der Waals surface area contributed by atoms with Gasteiger partial charge in [0.2, 0.25) is 5.91 Å². The molecule has 0 aliphatic carbocycles. The van der Waals surface area contributed by atoms with Crippen LogP contribution in [0.5, 0.6) is 0 Å². The first-order valence-corrected chi connectivity index (χ1v) is 4.57. The van der Waals surface area contributed by atoms with Crippen molar-refractivity contribution in [3.8, 4) is 0 Å². The molecule has 3 N–H and O–H groups in total. The lowest BCUT2D eigenvalue weighted by atomic mass is 10.1. The molecule has 0 bridgehead atoms. The average Bonchev–Trinajstić information content (AvgIpc) is 1.99. The Morgan fingerprint density at radius 1 is 1.13 bits per heavy atom. The SMILES string of the molecule is CC(C)CC(=O)N[C@H](CC(=O)O)C(=O)O. The highest BCUT2D eigenvalue weighted by atomic mass is 16.4. The fourth-order valence-electron chi connectivity index (χ4n) is 0.999. The maximum Gasteiger partial charge on any atom is 0.326 e. The van der Waals surface area contributed by atoms with E-state index in [1.807, 2.05) is 13.8 Å². The van der Waals surface area contributed by atoms with Gasteiger partial charge in [0.1, 0.15) is 6.04 Å². The molecule has 0 aliphatic heterocycles. The van der Waals surface area contributed by atoms with Crippen LogP contribution in [-0.4, -0.2) is 34.1 Å². The Hall–Kier alpha value is -1.59. The van der Waals surface area contributed by atoms with Gasteiger partial charge in [0.25, 0.3) is 0 Å². The smallest absolute Gasteiger partial charge is 0.326 e. The molecule has 6 heteroatoms. The largest absolute Gasteiger partial charge is 0.481 e. The third-order valence-corrected chi connectivity index (χ3v) is 1.61. The molecule has 0 spiro atoms. The topological polar surface area (TPSA) is 104 Å². The van der Waals surface area contributed by atoms with Crippen LogP contribution < -0.4 is 5.32 Å². The molecule has 86 valence electrons. The minimum absolute atomic E-state index is 0.101. The number of aliphatic carboxylic acids is 2. The third kappa shape index (κ3) is 6.48. The highest BCUT2D eigenvalue weighted by molar-refractivity contribution is 5.86. The van der Waals surface area contributed by atoms with Crippen molar-refractivity contribution < 1.29 is 24.6 Å². The van der Waals surface area contributed by atoms with Gasteiger partial charge < -0.3 is 15.5 Å². The molecule has 0 unspecified atom stereocenters. The summed E-state index contributed by atoms with van der Waals surface area (Å²) in [6.07, 6.45) is -0.428. The van der Waals surface area contributed by atoms with Crippen molar-refractivity contribution in [1.29, 1.82) is 0 Å². The number of carbonyl (C=O) groups is 3. The summed E-state index contributed by atoms with van der Waals surface area (Å²) >= 11 is 0. The second kappa shape index (κ2) is 6.00. The number of hydrogen-bond acceptors (Lipinski definition) is 3. The molecule has 0 heterocycles. The number of nitrogens with one attached hydrogen (secondary N) is 1. The molecule has 0 aromatic heterocycles. The second-order valence-corrected chi connectivity index (χ2v) is 3.65. The molecule has 15 heavy (non-hydrogen) atoms. The van der Waals surface area contributed by atoms with Crippen molar-refractivity contribution in [1.82, 2.24) is 5.32 Å². The summed E-state index contributed by atoms with van der Waals surface area (Å²) in [6, 6.07) is -1.35. The molecule has 1 atom stereocenters. The fraction of sp³-hybridized carbons (Fsp3) is 0.667. The van der Waals surface area contributed by atoms with E-state index in [0.29, 0.717) is 0 Å². The van der Waals surface area contributed by atoms with Crippen LogP contribution in [-0.2, 0) is 14.4 Å². The van der Waals surface area contributed by atoms with E-state index < -0.39 is 30.3 Å². The molecular weight excluding hydrogens is 202 g/mol. The zero-order chi connectivity index (χ0) is 12.0. The van der Waals surface area contributed by atoms with Crippen molar-refractivity contribution in [2.75, 3.05) is 0 Å². The van der Waals surface area contributed by atoms with E-state index in [2.05, 4.69) is 5.32 Å². The first-order valence-electron chi connectivity index (χ1n) is 4.57. The molecule has 0 rings (SSSR count). The van der Waals surface area contributed by atoms with Gasteiger partial charge in [-0.05, 0) is 5.92 Å². The number of rotatable bonds is 6. The first kappa shape index (κ1) is 13.4. The van der Waals surface area contributed by atoms with Gasteiger partial charge in [-0.25, -0.2) is 4.79 Å². The van der Waals surface area contributed by atoms with E-state index in [1.165, 1.54) is 0 Å². The van der Waals surface area contributed by atoms with Gasteiger partial charge in [-0.15, -0.1) is 0 Å². The highest BCUT2D eigenvalue weighted by Gasteiger charge is 2.22. The maximum atomic E-state index is 11.2. The van der Waals surface area contributed by atoms with Crippen molar-refractivity contribution in [3.05, 3.63) is 0 Å². The molecule has 0 fully saturated rings. The van der Waals surface area contributed by atoms with Crippen LogP contribution in [0.4, 0.5) is 0 Å². The molecule has 0 saturated heterocycles. The lowest BCUT2D eigenvalue weighted by Crippen LogP contribution is -2.42. The van der Waals surface area contributed by atoms with E-state index >= 15 is 0 Å². The Kier molecular flexibility index (Phi) is 5.36. The summed E-state index contributed by atoms with van der Waals surface area (Å²) in [7, 11) is 0. The molecule has 1 amide bonds. The normalized spacial score (nSPS) is 12.2. The standard InChI is InChI=1S/C9H15NO5/c1-5(2)3-7(11)10-6(9(14)15)4-8(12)13/h5-6H,3-4H2,1-2H3,(H,10,11)(H,12,13)(H,14,15)/t6-/m1/s1. The molecular formula is C9H15NO5. The number of amides is 1. The molecule has 0 saturated carbocycles. The first-order chi connectivity index (χ1) is 6.82. The molecule has 0 aromatic rings. The van der Waals surface area contributed by atoms with E-state index in [9.17, 15) is 14.4 Å². The molecule has 0 radical (unpaired) electrons. The number of carbonyl (C=O) groups excluding carboxylic acids is 1. The predicted octanol–water partition coefficient (Wildman–Crippen LogP) is 0.0766. The van der Waals surface area contributed by atoms with Crippen LogP contribution in [0.1, 0.15) is 26.7 Å². The van der Waals surface area contributed by atoms with Crippen LogP contribution in [0.2, 0.25) is 0 Å². The van der Waals surface area contributed by atoms with Crippen molar-refractivity contribution in [2.45, 2.75) is 32.7 Å². The Morgan fingerprint density at radius 2 is 1.67 bits per heavy atom. The van der Waals surface area contributed by atoms with E-state index in [4.69, 9.17) is 10.2 Å². The summed E-state index contributed by atoms with van der Waals surface area (Å²) in [5.74, 6) is -2.94. The van der Waals surface area contributed by atoms with Crippen molar-refractivity contribution in [3.63, 3.8) is 0 Å². The quantitative estimate of drug-likeness (QED) is 0.584. The molecule has 0 aliphatic rings. The Bertz CT molecular complexity index is 261. The van der Waals surface area contributed by atoms with Gasteiger partial charge in [0.15, 0.2) is 0 Å². The second-order valence-electron chi connectivity index (χ2n) is 3.65. The van der Waals surface area contributed by atoms with Crippen LogP contribution in [0.15, 0.2) is 0 Å². The van der Waals surface area contributed by atoms with Gasteiger partial charge in [-0.1, -0.05) is 13.8 Å². The van der Waals surface area contributed by atoms with Gasteiger partial charge in [-0.3, -0.25) is 9.59 Å². The van der Waals surface area contributed by atoms with Crippen LogP contribution >= 0.6 is 0 Å². The van der Waals surface area contributed by atoms with Crippen molar-refractivity contribution >= 4 is 17.8 Å². The van der Waals surface area contributed by atoms with E-state index in [-0.39, 0.29) is 12.3 Å². The Balaban J connectivity index is 4.22. The maximum absolute atomic E-state index is 11.2. The zero-order valence-electron chi connectivity index (χ0n) is 8.69. The summed E-state index contributed by atoms with van der Waals surface area (Å²) in [4.78, 5) is 32.1. The fourth-order valence-corrected chi connectivity index (χ4v) is 0.999. The number of carboxylic acid groups (broad SMARTS) is 2. The predicted molar refractivity (Wildman–Crippen MR) is 51.3 cm³/mol. The van der Waals surface area contributed by atoms with Gasteiger partial charge >= 0.3 is 11.9 Å². The van der Waals surface area contributed by atoms with Gasteiger partial charge in [0.05, 0.1) is 6.42 Å². The average molecular weight is 217 g/mol. The van der Waals surface area contributed by atoms with Gasteiger partial charge in [0, 0.05) is 6.42 Å². The number of hydrogen-bond donors (Lipinski definition) is 3. The third-order valence-electron chi connectivity index (χ3n) is 1.61. The number of carboxylic acids is 2.